The van der Waals surface area contributed by atoms with Crippen molar-refractivity contribution in [3.8, 4) is 0 Å². The van der Waals surface area contributed by atoms with Gasteiger partial charge in [0.05, 0.1) is 5.69 Å². The van der Waals surface area contributed by atoms with Crippen molar-refractivity contribution in [2.75, 3.05) is 5.32 Å². The van der Waals surface area contributed by atoms with Gasteiger partial charge < -0.3 is 5.32 Å². The van der Waals surface area contributed by atoms with Gasteiger partial charge in [-0.1, -0.05) is 19.9 Å². The van der Waals surface area contributed by atoms with Crippen molar-refractivity contribution in [1.82, 2.24) is 0 Å². The fourth-order valence-electron chi connectivity index (χ4n) is 1.45. The number of anilines is 1. The van der Waals surface area contributed by atoms with Crippen LogP contribution in [0.25, 0.3) is 0 Å². The molecule has 15 heavy (non-hydrogen) atoms. The summed E-state index contributed by atoms with van der Waals surface area (Å²) in [5.41, 5.74) is 1.59. The van der Waals surface area contributed by atoms with Crippen molar-refractivity contribution in [2.45, 2.75) is 24.7 Å². The van der Waals surface area contributed by atoms with E-state index in [2.05, 4.69) is 9.71 Å². The summed E-state index contributed by atoms with van der Waals surface area (Å²) >= 11 is 0. The second-order valence-corrected chi connectivity index (χ2v) is 5.36. The van der Waals surface area contributed by atoms with Crippen molar-refractivity contribution in [3.05, 3.63) is 23.8 Å². The van der Waals surface area contributed by atoms with Crippen LogP contribution < -0.4 is 5.32 Å². The Kier molecular flexibility index (Phi) is 2.26. The molecule has 0 spiro atoms. The van der Waals surface area contributed by atoms with Gasteiger partial charge in [-0.05, 0) is 23.6 Å². The van der Waals surface area contributed by atoms with Crippen LogP contribution in [0, 0.1) is 0 Å². The third-order valence-corrected chi connectivity index (χ3v) is 3.64. The molecule has 1 aromatic rings. The Morgan fingerprint density at radius 1 is 1.33 bits per heavy atom. The molecule has 4 nitrogen and oxygen atoms in total. The van der Waals surface area contributed by atoms with E-state index in [-0.39, 0.29) is 4.90 Å². The fraction of sp³-hybridized carbons (Fsp3) is 0.300. The monoisotopic (exact) mass is 224 g/mol. The first-order valence-electron chi connectivity index (χ1n) is 4.70. The van der Waals surface area contributed by atoms with Crippen LogP contribution in [0.4, 0.5) is 5.69 Å². The van der Waals surface area contributed by atoms with E-state index in [1.54, 1.807) is 12.1 Å². The van der Waals surface area contributed by atoms with E-state index in [9.17, 15) is 8.42 Å². The normalized spacial score (nSPS) is 17.3. The first kappa shape index (κ1) is 10.2. The first-order valence-corrected chi connectivity index (χ1v) is 6.14. The molecule has 0 aliphatic carbocycles. The highest BCUT2D eigenvalue weighted by Gasteiger charge is 2.21. The van der Waals surface area contributed by atoms with Gasteiger partial charge in [-0.2, -0.15) is 8.42 Å². The second-order valence-electron chi connectivity index (χ2n) is 3.76. The summed E-state index contributed by atoms with van der Waals surface area (Å²) in [7, 11) is -3.49. The summed E-state index contributed by atoms with van der Waals surface area (Å²) in [5, 5.41) is 2.81. The molecule has 0 saturated heterocycles. The maximum Gasteiger partial charge on any atom is 0.285 e. The van der Waals surface area contributed by atoms with Gasteiger partial charge in [0.1, 0.15) is 11.2 Å². The molecule has 0 aromatic heterocycles. The Bertz CT molecular complexity index is 518. The molecule has 1 N–H and O–H groups in total. The minimum atomic E-state index is -3.49. The molecular formula is C10H12N2O2S. The molecule has 2 rings (SSSR count). The van der Waals surface area contributed by atoms with Crippen LogP contribution in [0.15, 0.2) is 27.5 Å². The average molecular weight is 224 g/mol. The third-order valence-electron chi connectivity index (χ3n) is 2.36. The number of fused-ring (bicyclic) bond motifs is 1. The van der Waals surface area contributed by atoms with Crippen molar-refractivity contribution >= 4 is 22.0 Å². The number of benzene rings is 1. The fourth-order valence-corrected chi connectivity index (χ4v) is 2.45. The van der Waals surface area contributed by atoms with Crippen LogP contribution in [0.2, 0.25) is 0 Å². The summed E-state index contributed by atoms with van der Waals surface area (Å²) in [6.07, 6.45) is 1.20. The summed E-state index contributed by atoms with van der Waals surface area (Å²) < 4.78 is 26.7. The first-order chi connectivity index (χ1) is 7.00. The number of hydrogen-bond donors (Lipinski definition) is 1. The Morgan fingerprint density at radius 3 is 2.73 bits per heavy atom. The lowest BCUT2D eigenvalue weighted by Gasteiger charge is -2.14. The van der Waals surface area contributed by atoms with Gasteiger partial charge in [0.2, 0.25) is 0 Å². The molecule has 0 amide bonds. The van der Waals surface area contributed by atoms with E-state index in [0.29, 0.717) is 11.6 Å². The highest BCUT2D eigenvalue weighted by molar-refractivity contribution is 7.90. The van der Waals surface area contributed by atoms with Crippen molar-refractivity contribution in [2.24, 2.45) is 4.40 Å². The number of nitrogens with zero attached hydrogens (tertiary/aromatic N) is 1. The van der Waals surface area contributed by atoms with Crippen molar-refractivity contribution in [3.63, 3.8) is 0 Å². The van der Waals surface area contributed by atoms with Crippen LogP contribution in [0.5, 0.6) is 0 Å². The highest BCUT2D eigenvalue weighted by Crippen LogP contribution is 2.29. The van der Waals surface area contributed by atoms with E-state index >= 15 is 0 Å². The van der Waals surface area contributed by atoms with Gasteiger partial charge in [-0.3, -0.25) is 0 Å². The topological polar surface area (TPSA) is 58.5 Å². The molecule has 0 saturated carbocycles. The van der Waals surface area contributed by atoms with Crippen LogP contribution in [-0.4, -0.2) is 14.8 Å². The Morgan fingerprint density at radius 2 is 2.07 bits per heavy atom. The van der Waals surface area contributed by atoms with Gasteiger partial charge in [-0.15, -0.1) is 4.40 Å². The average Bonchev–Trinajstić information content (AvgIpc) is 2.17. The molecule has 1 aliphatic heterocycles. The van der Waals surface area contributed by atoms with Crippen LogP contribution in [0.1, 0.15) is 25.3 Å². The minimum Gasteiger partial charge on any atom is -0.345 e. The molecule has 80 valence electrons. The summed E-state index contributed by atoms with van der Waals surface area (Å²) in [5.74, 6) is 0.302. The number of sulfonamides is 1. The molecule has 5 heteroatoms. The predicted octanol–water partition coefficient (Wildman–Crippen LogP) is 1.95. The molecule has 0 bridgehead atoms. The van der Waals surface area contributed by atoms with Crippen molar-refractivity contribution in [1.29, 1.82) is 0 Å². The van der Waals surface area contributed by atoms with E-state index in [1.165, 1.54) is 6.34 Å². The predicted molar refractivity (Wildman–Crippen MR) is 59.8 cm³/mol. The molecule has 1 aromatic carbocycles. The van der Waals surface area contributed by atoms with E-state index in [0.717, 1.165) is 5.56 Å². The van der Waals surface area contributed by atoms with E-state index in [1.807, 2.05) is 19.9 Å². The molecule has 0 atom stereocenters. The lowest BCUT2D eigenvalue weighted by atomic mass is 10.0. The maximum absolute atomic E-state index is 11.6. The lowest BCUT2D eigenvalue weighted by molar-refractivity contribution is 0.598. The lowest BCUT2D eigenvalue weighted by Crippen LogP contribution is -2.11. The Hall–Kier alpha value is -1.36. The molecule has 0 fully saturated rings. The largest absolute Gasteiger partial charge is 0.345 e. The summed E-state index contributed by atoms with van der Waals surface area (Å²) in [6, 6.07) is 5.37. The van der Waals surface area contributed by atoms with Crippen LogP contribution in [-0.2, 0) is 10.0 Å². The van der Waals surface area contributed by atoms with Gasteiger partial charge in [0.25, 0.3) is 10.0 Å². The number of hydrogen-bond acceptors (Lipinski definition) is 3. The van der Waals surface area contributed by atoms with Gasteiger partial charge in [-0.25, -0.2) is 0 Å². The minimum absolute atomic E-state index is 0.260. The zero-order chi connectivity index (χ0) is 11.1. The molecule has 0 unspecified atom stereocenters. The molecule has 1 heterocycles. The smallest absolute Gasteiger partial charge is 0.285 e. The summed E-state index contributed by atoms with van der Waals surface area (Å²) in [6.45, 7) is 4.04. The van der Waals surface area contributed by atoms with E-state index < -0.39 is 10.0 Å². The third kappa shape index (κ3) is 1.74. The maximum atomic E-state index is 11.6. The van der Waals surface area contributed by atoms with Crippen molar-refractivity contribution < 1.29 is 8.42 Å². The quantitative estimate of drug-likeness (QED) is 0.793. The molecule has 1 aliphatic rings. The highest BCUT2D eigenvalue weighted by atomic mass is 32.2. The molecular weight excluding hydrogens is 212 g/mol. The van der Waals surface area contributed by atoms with Crippen LogP contribution in [0.3, 0.4) is 0 Å². The zero-order valence-corrected chi connectivity index (χ0v) is 9.38. The van der Waals surface area contributed by atoms with Gasteiger partial charge in [0, 0.05) is 0 Å². The second kappa shape index (κ2) is 3.34. The zero-order valence-electron chi connectivity index (χ0n) is 8.56. The summed E-state index contributed by atoms with van der Waals surface area (Å²) in [4.78, 5) is 0.260. The van der Waals surface area contributed by atoms with Gasteiger partial charge in [0.15, 0.2) is 0 Å². The Balaban J connectivity index is 2.63. The van der Waals surface area contributed by atoms with E-state index in [4.69, 9.17) is 0 Å². The number of rotatable bonds is 1. The van der Waals surface area contributed by atoms with Crippen LogP contribution >= 0.6 is 0 Å². The standard InChI is InChI=1S/C10H12N2O2S/c1-7(2)8-3-4-9-10(5-8)15(13,14)12-6-11-9/h3-7H,1-2H3,(H,11,12). The SMILES string of the molecule is CC(C)c1ccc2c(c1)S(=O)(=O)N=CN2. The molecule has 0 radical (unpaired) electrons. The number of nitrogens with one attached hydrogen (secondary N) is 1. The van der Waals surface area contributed by atoms with Gasteiger partial charge >= 0.3 is 0 Å². The Labute approximate surface area is 89.1 Å².